The molecule has 0 radical (unpaired) electrons. The van der Waals surface area contributed by atoms with E-state index in [1.165, 1.54) is 11.3 Å². The predicted molar refractivity (Wildman–Crippen MR) is 70.2 cm³/mol. The average Bonchev–Trinajstić information content (AvgIpc) is 2.94. The zero-order valence-corrected chi connectivity index (χ0v) is 11.7. The highest BCUT2D eigenvalue weighted by Gasteiger charge is 2.41. The lowest BCUT2D eigenvalue weighted by molar-refractivity contribution is 0.449. The van der Waals surface area contributed by atoms with Gasteiger partial charge in [0.2, 0.25) is 0 Å². The maximum Gasteiger partial charge on any atom is 0.252 e. The molecule has 0 unspecified atom stereocenters. The number of thiophene rings is 1. The molecule has 0 bridgehead atoms. The second-order valence-electron chi connectivity index (χ2n) is 4.43. The van der Waals surface area contributed by atoms with Crippen molar-refractivity contribution < 1.29 is 8.42 Å². The molecule has 1 aromatic rings. The van der Waals surface area contributed by atoms with Crippen LogP contribution in [-0.4, -0.2) is 38.9 Å². The Balaban J connectivity index is 0.00000108. The number of rotatable bonds is 2. The van der Waals surface area contributed by atoms with Crippen LogP contribution in [0.5, 0.6) is 0 Å². The van der Waals surface area contributed by atoms with Crippen LogP contribution in [0.3, 0.4) is 0 Å². The van der Waals surface area contributed by atoms with Crippen molar-refractivity contribution in [3.8, 4) is 0 Å². The van der Waals surface area contributed by atoms with Crippen molar-refractivity contribution in [2.45, 2.75) is 4.21 Å². The summed E-state index contributed by atoms with van der Waals surface area (Å²) >= 11 is 1.30. The Morgan fingerprint density at radius 3 is 2.47 bits per heavy atom. The van der Waals surface area contributed by atoms with Gasteiger partial charge in [0, 0.05) is 13.1 Å². The van der Waals surface area contributed by atoms with Gasteiger partial charge in [-0.1, -0.05) is 6.07 Å². The van der Waals surface area contributed by atoms with Crippen molar-refractivity contribution in [2.75, 3.05) is 26.2 Å². The van der Waals surface area contributed by atoms with E-state index >= 15 is 0 Å². The third-order valence-electron chi connectivity index (χ3n) is 3.45. The number of hydrogen-bond donors (Lipinski definition) is 1. The van der Waals surface area contributed by atoms with Crippen molar-refractivity contribution >= 4 is 33.8 Å². The summed E-state index contributed by atoms with van der Waals surface area (Å²) in [6, 6.07) is 3.47. The van der Waals surface area contributed by atoms with Gasteiger partial charge in [0.1, 0.15) is 4.21 Å². The van der Waals surface area contributed by atoms with Gasteiger partial charge in [-0.05, 0) is 36.4 Å². The predicted octanol–water partition coefficient (Wildman–Crippen LogP) is 1.01. The highest BCUT2D eigenvalue weighted by molar-refractivity contribution is 7.91. The molecule has 1 N–H and O–H groups in total. The van der Waals surface area contributed by atoms with Crippen LogP contribution in [0.2, 0.25) is 0 Å². The lowest BCUT2D eigenvalue weighted by atomic mass is 10.0. The van der Waals surface area contributed by atoms with E-state index in [1.54, 1.807) is 16.4 Å². The lowest BCUT2D eigenvalue weighted by Crippen LogP contribution is -2.31. The van der Waals surface area contributed by atoms with Gasteiger partial charge in [0.05, 0.1) is 0 Å². The zero-order chi connectivity index (χ0) is 11.2. The lowest BCUT2D eigenvalue weighted by Gasteiger charge is -2.15. The third kappa shape index (κ3) is 2.24. The molecule has 0 amide bonds. The molecule has 1 aromatic heterocycles. The minimum absolute atomic E-state index is 0. The Morgan fingerprint density at radius 1 is 1.29 bits per heavy atom. The highest BCUT2D eigenvalue weighted by atomic mass is 35.5. The summed E-state index contributed by atoms with van der Waals surface area (Å²) in [5.74, 6) is 1.02. The van der Waals surface area contributed by atoms with E-state index < -0.39 is 10.0 Å². The number of hydrogen-bond acceptors (Lipinski definition) is 4. The average molecular weight is 295 g/mol. The van der Waals surface area contributed by atoms with Gasteiger partial charge in [0.25, 0.3) is 10.0 Å². The number of nitrogens with zero attached hydrogens (tertiary/aromatic N) is 1. The largest absolute Gasteiger partial charge is 0.316 e. The van der Waals surface area contributed by atoms with E-state index in [0.717, 1.165) is 13.1 Å². The van der Waals surface area contributed by atoms with Gasteiger partial charge in [-0.3, -0.25) is 0 Å². The van der Waals surface area contributed by atoms with E-state index in [1.807, 2.05) is 5.38 Å². The maximum atomic E-state index is 12.2. The molecule has 17 heavy (non-hydrogen) atoms. The van der Waals surface area contributed by atoms with Gasteiger partial charge >= 0.3 is 0 Å². The molecular formula is C10H15ClN2O2S2. The molecule has 2 atom stereocenters. The van der Waals surface area contributed by atoms with Gasteiger partial charge in [-0.25, -0.2) is 8.42 Å². The summed E-state index contributed by atoms with van der Waals surface area (Å²) in [5, 5.41) is 5.12. The molecule has 4 nitrogen and oxygen atoms in total. The zero-order valence-electron chi connectivity index (χ0n) is 9.20. The summed E-state index contributed by atoms with van der Waals surface area (Å²) < 4.78 is 26.6. The Kier molecular flexibility index (Phi) is 3.80. The fourth-order valence-electron chi connectivity index (χ4n) is 2.55. The molecule has 3 rings (SSSR count). The van der Waals surface area contributed by atoms with Crippen molar-refractivity contribution in [3.63, 3.8) is 0 Å². The van der Waals surface area contributed by atoms with E-state index in [0.29, 0.717) is 29.1 Å². The van der Waals surface area contributed by atoms with Crippen LogP contribution in [0.1, 0.15) is 0 Å². The molecule has 0 aliphatic carbocycles. The fourth-order valence-corrected chi connectivity index (χ4v) is 5.24. The van der Waals surface area contributed by atoms with Crippen molar-refractivity contribution in [3.05, 3.63) is 17.5 Å². The monoisotopic (exact) mass is 294 g/mol. The van der Waals surface area contributed by atoms with Crippen LogP contribution in [0.15, 0.2) is 21.7 Å². The van der Waals surface area contributed by atoms with E-state index in [4.69, 9.17) is 0 Å². The minimum Gasteiger partial charge on any atom is -0.316 e. The standard InChI is InChI=1S/C10H14N2O2S2.ClH/c13-16(14,10-2-1-3-15-10)12-6-8-4-11-5-9(8)7-12;/h1-3,8-9,11H,4-7H2;1H/t8-,9+;. The van der Waals surface area contributed by atoms with Gasteiger partial charge in [-0.15, -0.1) is 23.7 Å². The van der Waals surface area contributed by atoms with E-state index in [2.05, 4.69) is 5.32 Å². The van der Waals surface area contributed by atoms with Crippen molar-refractivity contribution in [2.24, 2.45) is 11.8 Å². The summed E-state index contributed by atoms with van der Waals surface area (Å²) in [4.78, 5) is 0. The first kappa shape index (κ1) is 13.3. The van der Waals surface area contributed by atoms with Crippen LogP contribution in [0.25, 0.3) is 0 Å². The quantitative estimate of drug-likeness (QED) is 0.886. The first-order valence-electron chi connectivity index (χ1n) is 5.42. The summed E-state index contributed by atoms with van der Waals surface area (Å²) in [5.41, 5.74) is 0. The summed E-state index contributed by atoms with van der Waals surface area (Å²) in [6.07, 6.45) is 0. The number of fused-ring (bicyclic) bond motifs is 1. The first-order chi connectivity index (χ1) is 7.68. The van der Waals surface area contributed by atoms with Crippen LogP contribution in [-0.2, 0) is 10.0 Å². The smallest absolute Gasteiger partial charge is 0.252 e. The first-order valence-corrected chi connectivity index (χ1v) is 7.74. The molecule has 2 aliphatic heterocycles. The molecule has 96 valence electrons. The van der Waals surface area contributed by atoms with Crippen LogP contribution in [0, 0.1) is 11.8 Å². The molecule has 7 heteroatoms. The molecule has 0 spiro atoms. The Hall–Kier alpha value is -0.140. The van der Waals surface area contributed by atoms with Crippen LogP contribution < -0.4 is 5.32 Å². The number of nitrogens with one attached hydrogen (secondary N) is 1. The van der Waals surface area contributed by atoms with Crippen molar-refractivity contribution in [1.29, 1.82) is 0 Å². The Labute approximate surface area is 111 Å². The van der Waals surface area contributed by atoms with Gasteiger partial charge < -0.3 is 5.32 Å². The Morgan fingerprint density at radius 2 is 1.94 bits per heavy atom. The maximum absolute atomic E-state index is 12.2. The molecule has 0 aromatic carbocycles. The molecule has 2 saturated heterocycles. The van der Waals surface area contributed by atoms with E-state index in [-0.39, 0.29) is 12.4 Å². The number of halogens is 1. The fraction of sp³-hybridized carbons (Fsp3) is 0.600. The normalized spacial score (nSPS) is 28.9. The second-order valence-corrected chi connectivity index (χ2v) is 7.54. The number of sulfonamides is 1. The van der Waals surface area contributed by atoms with Crippen molar-refractivity contribution in [1.82, 2.24) is 9.62 Å². The molecular weight excluding hydrogens is 280 g/mol. The van der Waals surface area contributed by atoms with Crippen LogP contribution in [0.4, 0.5) is 0 Å². The van der Waals surface area contributed by atoms with E-state index in [9.17, 15) is 8.42 Å². The minimum atomic E-state index is -3.21. The molecule has 2 fully saturated rings. The molecule has 2 aliphatic rings. The third-order valence-corrected chi connectivity index (χ3v) is 6.65. The molecule has 3 heterocycles. The summed E-state index contributed by atoms with van der Waals surface area (Å²) in [6.45, 7) is 3.28. The van der Waals surface area contributed by atoms with Gasteiger partial charge in [0.15, 0.2) is 0 Å². The SMILES string of the molecule is Cl.O=S(=O)(c1cccs1)N1C[C@H]2CNC[C@H]2C1. The topological polar surface area (TPSA) is 49.4 Å². The Bertz CT molecular complexity index is 463. The summed E-state index contributed by atoms with van der Waals surface area (Å²) in [7, 11) is -3.21. The van der Waals surface area contributed by atoms with Gasteiger partial charge in [-0.2, -0.15) is 4.31 Å². The second kappa shape index (κ2) is 4.85. The molecule has 0 saturated carbocycles. The highest BCUT2D eigenvalue weighted by Crippen LogP contribution is 2.31. The van der Waals surface area contributed by atoms with Crippen LogP contribution >= 0.6 is 23.7 Å².